The summed E-state index contributed by atoms with van der Waals surface area (Å²) < 4.78 is 12.7. The first-order valence-corrected chi connectivity index (χ1v) is 8.07. The van der Waals surface area contributed by atoms with Crippen molar-refractivity contribution in [1.29, 1.82) is 0 Å². The van der Waals surface area contributed by atoms with Gasteiger partial charge in [-0.3, -0.25) is 4.79 Å². The Kier molecular flexibility index (Phi) is 3.62. The van der Waals surface area contributed by atoms with E-state index in [9.17, 15) is 4.79 Å². The smallest absolute Gasteiger partial charge is 0.209 e. The topological polar surface area (TPSA) is 43.8 Å². The predicted molar refractivity (Wildman–Crippen MR) is 92.8 cm³/mol. The van der Waals surface area contributed by atoms with Gasteiger partial charge in [-0.05, 0) is 42.8 Å². The molecule has 1 saturated heterocycles. The molecule has 3 aromatic rings. The number of hydrogen-bond donors (Lipinski definition) is 0. The Bertz CT molecular complexity index is 905. The average molecular weight is 321 g/mol. The first-order valence-electron chi connectivity index (χ1n) is 8.07. The number of aromatic nitrogens is 1. The van der Waals surface area contributed by atoms with Crippen molar-refractivity contribution in [2.75, 3.05) is 13.7 Å². The second-order valence-electron chi connectivity index (χ2n) is 6.11. The Balaban J connectivity index is 1.84. The summed E-state index contributed by atoms with van der Waals surface area (Å²) in [5, 5.41) is 1.12. The number of carbonyl (C=O) groups excluding carboxylic acids is 1. The molecule has 24 heavy (non-hydrogen) atoms. The van der Waals surface area contributed by atoms with Crippen LogP contribution < -0.4 is 4.74 Å². The van der Waals surface area contributed by atoms with E-state index in [0.717, 1.165) is 34.5 Å². The molecule has 4 nitrogen and oxygen atoms in total. The Hall–Kier alpha value is -2.59. The number of rotatable bonds is 5. The van der Waals surface area contributed by atoms with Gasteiger partial charge in [-0.25, -0.2) is 0 Å². The molecule has 0 radical (unpaired) electrons. The number of methoxy groups -OCH3 is 1. The van der Waals surface area contributed by atoms with Crippen molar-refractivity contribution in [3.05, 3.63) is 65.4 Å². The standard InChI is InChI=1S/C20H19NO3/c1-13-17-5-3-4-6-18(17)21(11-16-12-24-16)19(13)20(22)14-7-9-15(23-2)10-8-14/h3-10,16H,11-12H2,1-2H3/t16-/m0/s1. The quantitative estimate of drug-likeness (QED) is 0.533. The van der Waals surface area contributed by atoms with Crippen LogP contribution in [0.3, 0.4) is 0 Å². The summed E-state index contributed by atoms with van der Waals surface area (Å²) in [6, 6.07) is 15.4. The number of epoxide rings is 1. The third-order valence-corrected chi connectivity index (χ3v) is 4.58. The third-order valence-electron chi connectivity index (χ3n) is 4.58. The average Bonchev–Trinajstić information content (AvgIpc) is 3.40. The zero-order chi connectivity index (χ0) is 16.7. The van der Waals surface area contributed by atoms with Gasteiger partial charge in [0.15, 0.2) is 0 Å². The van der Waals surface area contributed by atoms with Gasteiger partial charge in [0.2, 0.25) is 5.78 Å². The number of ketones is 1. The van der Waals surface area contributed by atoms with Gasteiger partial charge >= 0.3 is 0 Å². The molecule has 0 spiro atoms. The van der Waals surface area contributed by atoms with Gasteiger partial charge in [-0.2, -0.15) is 0 Å². The van der Waals surface area contributed by atoms with Crippen LogP contribution >= 0.6 is 0 Å². The van der Waals surface area contributed by atoms with Gasteiger partial charge in [0.25, 0.3) is 0 Å². The van der Waals surface area contributed by atoms with Crippen LogP contribution in [0.15, 0.2) is 48.5 Å². The van der Waals surface area contributed by atoms with E-state index in [1.807, 2.05) is 43.3 Å². The summed E-state index contributed by atoms with van der Waals surface area (Å²) in [6.45, 7) is 3.50. The lowest BCUT2D eigenvalue weighted by Gasteiger charge is -2.10. The van der Waals surface area contributed by atoms with E-state index in [1.54, 1.807) is 7.11 Å². The van der Waals surface area contributed by atoms with Gasteiger partial charge in [0.05, 0.1) is 32.1 Å². The van der Waals surface area contributed by atoms with Gasteiger partial charge in [-0.15, -0.1) is 0 Å². The number of carbonyl (C=O) groups is 1. The van der Waals surface area contributed by atoms with Gasteiger partial charge in [-0.1, -0.05) is 18.2 Å². The number of hydrogen-bond acceptors (Lipinski definition) is 3. The van der Waals surface area contributed by atoms with Crippen molar-refractivity contribution in [3.8, 4) is 5.75 Å². The lowest BCUT2D eigenvalue weighted by atomic mass is 10.0. The Labute approximate surface area is 140 Å². The number of para-hydroxylation sites is 1. The van der Waals surface area contributed by atoms with E-state index >= 15 is 0 Å². The molecule has 1 fully saturated rings. The molecular formula is C20H19NO3. The Morgan fingerprint density at radius 1 is 1.21 bits per heavy atom. The molecule has 1 aliphatic heterocycles. The highest BCUT2D eigenvalue weighted by Crippen LogP contribution is 2.29. The fourth-order valence-electron chi connectivity index (χ4n) is 3.22. The van der Waals surface area contributed by atoms with Crippen molar-refractivity contribution < 1.29 is 14.3 Å². The predicted octanol–water partition coefficient (Wildman–Crippen LogP) is 3.59. The first kappa shape index (κ1) is 15.0. The van der Waals surface area contributed by atoms with Crippen LogP contribution in [0.1, 0.15) is 21.6 Å². The summed E-state index contributed by atoms with van der Waals surface area (Å²) in [4.78, 5) is 13.2. The minimum atomic E-state index is 0.0343. The molecular weight excluding hydrogens is 302 g/mol. The van der Waals surface area contributed by atoms with E-state index in [1.165, 1.54) is 0 Å². The summed E-state index contributed by atoms with van der Waals surface area (Å²) >= 11 is 0. The van der Waals surface area contributed by atoms with Crippen LogP contribution in [0.5, 0.6) is 5.75 Å². The molecule has 4 heteroatoms. The van der Waals surface area contributed by atoms with Crippen molar-refractivity contribution in [2.24, 2.45) is 0 Å². The maximum absolute atomic E-state index is 13.2. The van der Waals surface area contributed by atoms with Gasteiger partial charge < -0.3 is 14.0 Å². The van der Waals surface area contributed by atoms with E-state index in [0.29, 0.717) is 12.1 Å². The lowest BCUT2D eigenvalue weighted by Crippen LogP contribution is -2.14. The normalized spacial score (nSPS) is 16.3. The highest BCUT2D eigenvalue weighted by Gasteiger charge is 2.28. The number of nitrogens with zero attached hydrogens (tertiary/aromatic N) is 1. The monoisotopic (exact) mass is 321 g/mol. The minimum Gasteiger partial charge on any atom is -0.497 e. The van der Waals surface area contributed by atoms with Gasteiger partial charge in [0.1, 0.15) is 5.75 Å². The number of ether oxygens (including phenoxy) is 2. The fraction of sp³-hybridized carbons (Fsp3) is 0.250. The van der Waals surface area contributed by atoms with Crippen LogP contribution in [0.4, 0.5) is 0 Å². The molecule has 0 N–H and O–H groups in total. The SMILES string of the molecule is COc1ccc(C(=O)c2c(C)c3ccccc3n2C[C@H]2CO2)cc1. The zero-order valence-corrected chi connectivity index (χ0v) is 13.8. The highest BCUT2D eigenvalue weighted by atomic mass is 16.6. The molecule has 1 aromatic heterocycles. The molecule has 1 atom stereocenters. The molecule has 1 aliphatic rings. The van der Waals surface area contributed by atoms with Gasteiger partial charge in [0, 0.05) is 16.5 Å². The van der Waals surface area contributed by atoms with Crippen LogP contribution in [0, 0.1) is 6.92 Å². The molecule has 122 valence electrons. The van der Waals surface area contributed by atoms with E-state index in [4.69, 9.17) is 9.47 Å². The molecule has 0 saturated carbocycles. The maximum atomic E-state index is 13.2. The molecule has 0 amide bonds. The van der Waals surface area contributed by atoms with Crippen molar-refractivity contribution >= 4 is 16.7 Å². The van der Waals surface area contributed by atoms with Crippen molar-refractivity contribution in [3.63, 3.8) is 0 Å². The highest BCUT2D eigenvalue weighted by molar-refractivity contribution is 6.12. The second-order valence-corrected chi connectivity index (χ2v) is 6.11. The molecule has 2 aromatic carbocycles. The fourth-order valence-corrected chi connectivity index (χ4v) is 3.22. The number of fused-ring (bicyclic) bond motifs is 1. The summed E-state index contributed by atoms with van der Waals surface area (Å²) in [5.74, 6) is 0.780. The Morgan fingerprint density at radius 3 is 2.58 bits per heavy atom. The first-order chi connectivity index (χ1) is 11.7. The van der Waals surface area contributed by atoms with Crippen molar-refractivity contribution in [2.45, 2.75) is 19.6 Å². The lowest BCUT2D eigenvalue weighted by molar-refractivity contribution is 0.102. The van der Waals surface area contributed by atoms with E-state index in [2.05, 4.69) is 16.7 Å². The van der Waals surface area contributed by atoms with Crippen molar-refractivity contribution in [1.82, 2.24) is 4.57 Å². The number of benzene rings is 2. The molecule has 0 unspecified atom stereocenters. The number of aryl methyl sites for hydroxylation is 1. The van der Waals surface area contributed by atoms with Crippen LogP contribution in [0.25, 0.3) is 10.9 Å². The molecule has 0 bridgehead atoms. The summed E-state index contributed by atoms with van der Waals surface area (Å²) in [6.07, 6.45) is 0.211. The van der Waals surface area contributed by atoms with Crippen LogP contribution in [-0.4, -0.2) is 30.2 Å². The van der Waals surface area contributed by atoms with Crippen LogP contribution in [-0.2, 0) is 11.3 Å². The van der Waals surface area contributed by atoms with E-state index in [-0.39, 0.29) is 11.9 Å². The second kappa shape index (κ2) is 5.80. The van der Waals surface area contributed by atoms with E-state index < -0.39 is 0 Å². The summed E-state index contributed by atoms with van der Waals surface area (Å²) in [5.41, 5.74) is 3.52. The maximum Gasteiger partial charge on any atom is 0.209 e. The summed E-state index contributed by atoms with van der Waals surface area (Å²) in [7, 11) is 1.62. The molecule has 4 rings (SSSR count). The largest absolute Gasteiger partial charge is 0.497 e. The van der Waals surface area contributed by atoms with Crippen LogP contribution in [0.2, 0.25) is 0 Å². The molecule has 0 aliphatic carbocycles. The minimum absolute atomic E-state index is 0.0343. The Morgan fingerprint density at radius 2 is 1.92 bits per heavy atom. The zero-order valence-electron chi connectivity index (χ0n) is 13.8. The third kappa shape index (κ3) is 2.49. The molecule has 2 heterocycles.